The van der Waals surface area contributed by atoms with E-state index in [0.29, 0.717) is 11.8 Å². The summed E-state index contributed by atoms with van der Waals surface area (Å²) in [4.78, 5) is 4.68. The van der Waals surface area contributed by atoms with Crippen LogP contribution in [-0.2, 0) is 0 Å². The van der Waals surface area contributed by atoms with Crippen LogP contribution in [0.15, 0.2) is 4.99 Å². The lowest BCUT2D eigenvalue weighted by Crippen LogP contribution is -2.41. The number of nitrogens with zero attached hydrogens (tertiary/aromatic N) is 1. The molecule has 0 aromatic carbocycles. The molecule has 0 rings (SSSR count). The quantitative estimate of drug-likeness (QED) is 0.274. The zero-order chi connectivity index (χ0) is 16.3. The monoisotopic (exact) mass is 445 g/mol. The molecule has 0 saturated heterocycles. The van der Waals surface area contributed by atoms with Gasteiger partial charge in [0, 0.05) is 24.4 Å². The van der Waals surface area contributed by atoms with E-state index in [9.17, 15) is 5.11 Å². The van der Waals surface area contributed by atoms with Gasteiger partial charge in [0.25, 0.3) is 0 Å². The number of rotatable bonds is 10. The van der Waals surface area contributed by atoms with Crippen molar-refractivity contribution >= 4 is 41.7 Å². The van der Waals surface area contributed by atoms with Gasteiger partial charge in [0.2, 0.25) is 0 Å². The topological polar surface area (TPSA) is 56.7 Å². The molecule has 0 fully saturated rings. The first-order valence-electron chi connectivity index (χ1n) is 8.02. The summed E-state index contributed by atoms with van der Waals surface area (Å²) in [6.07, 6.45) is 4.10. The maximum absolute atomic E-state index is 9.18. The highest BCUT2D eigenvalue weighted by molar-refractivity contribution is 14.0. The standard InChI is InChI=1S/C16H35N3OS.HI/c1-7-17-15(19-12-16(4,5)21-6)18-11-14(8-9-20)10-13(2)3;/h13-14,20H,7-12H2,1-6H3,(H2,17,18,19);1H. The molecule has 0 radical (unpaired) electrons. The van der Waals surface area contributed by atoms with Crippen LogP contribution >= 0.6 is 35.7 Å². The van der Waals surface area contributed by atoms with E-state index in [0.717, 1.165) is 38.4 Å². The fraction of sp³-hybridized carbons (Fsp3) is 0.938. The maximum Gasteiger partial charge on any atom is 0.191 e. The first-order chi connectivity index (χ1) is 9.84. The Bertz CT molecular complexity index is 299. The van der Waals surface area contributed by atoms with Gasteiger partial charge in [0.15, 0.2) is 5.96 Å². The van der Waals surface area contributed by atoms with E-state index >= 15 is 0 Å². The molecule has 0 heterocycles. The predicted molar refractivity (Wildman–Crippen MR) is 112 cm³/mol. The van der Waals surface area contributed by atoms with Crippen LogP contribution in [0.1, 0.15) is 47.5 Å². The van der Waals surface area contributed by atoms with Gasteiger partial charge in [-0.25, -0.2) is 0 Å². The van der Waals surface area contributed by atoms with E-state index in [1.165, 1.54) is 0 Å². The summed E-state index contributed by atoms with van der Waals surface area (Å²) >= 11 is 1.83. The highest BCUT2D eigenvalue weighted by Gasteiger charge is 2.16. The number of thioether (sulfide) groups is 1. The number of hydrogen-bond donors (Lipinski definition) is 3. The largest absolute Gasteiger partial charge is 0.396 e. The highest BCUT2D eigenvalue weighted by Crippen LogP contribution is 2.21. The first-order valence-corrected chi connectivity index (χ1v) is 9.25. The molecule has 1 atom stereocenters. The second kappa shape index (κ2) is 13.7. The van der Waals surface area contributed by atoms with Crippen LogP contribution in [0.25, 0.3) is 0 Å². The first kappa shape index (κ1) is 24.6. The minimum atomic E-state index is 0. The Morgan fingerprint density at radius 2 is 1.91 bits per heavy atom. The number of aliphatic hydroxyl groups is 1. The van der Waals surface area contributed by atoms with E-state index in [-0.39, 0.29) is 35.3 Å². The van der Waals surface area contributed by atoms with Crippen molar-refractivity contribution in [3.8, 4) is 0 Å². The average molecular weight is 445 g/mol. The molecular formula is C16H36IN3OS. The molecule has 6 heteroatoms. The van der Waals surface area contributed by atoms with Crippen molar-refractivity contribution in [3.05, 3.63) is 0 Å². The van der Waals surface area contributed by atoms with Crippen molar-refractivity contribution in [2.24, 2.45) is 16.8 Å². The number of hydrogen-bond acceptors (Lipinski definition) is 3. The molecule has 0 spiro atoms. The SMILES string of the molecule is CCNC(=NCC(C)(C)SC)NCC(CCO)CC(C)C.I. The van der Waals surface area contributed by atoms with Gasteiger partial charge in [0.1, 0.15) is 0 Å². The van der Waals surface area contributed by atoms with Crippen LogP contribution in [0, 0.1) is 11.8 Å². The average Bonchev–Trinajstić information content (AvgIpc) is 2.41. The summed E-state index contributed by atoms with van der Waals surface area (Å²) in [6.45, 7) is 13.7. The smallest absolute Gasteiger partial charge is 0.191 e. The molecule has 0 aliphatic heterocycles. The third-order valence-electron chi connectivity index (χ3n) is 3.42. The molecule has 0 aliphatic carbocycles. The van der Waals surface area contributed by atoms with Gasteiger partial charge in [-0.05, 0) is 51.7 Å². The zero-order valence-electron chi connectivity index (χ0n) is 15.1. The Labute approximate surface area is 158 Å². The van der Waals surface area contributed by atoms with Crippen molar-refractivity contribution < 1.29 is 5.11 Å². The summed E-state index contributed by atoms with van der Waals surface area (Å²) < 4.78 is 0.158. The van der Waals surface area contributed by atoms with Gasteiger partial charge in [-0.15, -0.1) is 24.0 Å². The Kier molecular flexibility index (Phi) is 15.3. The summed E-state index contributed by atoms with van der Waals surface area (Å²) in [6, 6.07) is 0. The van der Waals surface area contributed by atoms with Crippen molar-refractivity contribution in [3.63, 3.8) is 0 Å². The van der Waals surface area contributed by atoms with Crippen LogP contribution in [-0.4, -0.2) is 48.3 Å². The lowest BCUT2D eigenvalue weighted by Gasteiger charge is -2.22. The summed E-state index contributed by atoms with van der Waals surface area (Å²) in [5.74, 6) is 2.03. The van der Waals surface area contributed by atoms with Crippen molar-refractivity contribution in [2.75, 3.05) is 32.5 Å². The minimum Gasteiger partial charge on any atom is -0.396 e. The summed E-state index contributed by atoms with van der Waals surface area (Å²) in [7, 11) is 0. The Morgan fingerprint density at radius 3 is 2.36 bits per heavy atom. The lowest BCUT2D eigenvalue weighted by atomic mass is 9.94. The van der Waals surface area contributed by atoms with Gasteiger partial charge in [0.05, 0.1) is 6.54 Å². The number of aliphatic hydroxyl groups excluding tert-OH is 1. The fourth-order valence-corrected chi connectivity index (χ4v) is 2.26. The van der Waals surface area contributed by atoms with Crippen LogP contribution in [0.3, 0.4) is 0 Å². The van der Waals surface area contributed by atoms with Gasteiger partial charge in [-0.1, -0.05) is 13.8 Å². The molecule has 0 aliphatic rings. The van der Waals surface area contributed by atoms with Gasteiger partial charge in [-0.3, -0.25) is 4.99 Å². The maximum atomic E-state index is 9.18. The van der Waals surface area contributed by atoms with Crippen molar-refractivity contribution in [1.29, 1.82) is 0 Å². The number of halogens is 1. The van der Waals surface area contributed by atoms with E-state index in [1.807, 2.05) is 11.8 Å². The lowest BCUT2D eigenvalue weighted by molar-refractivity contribution is 0.243. The molecule has 134 valence electrons. The molecule has 0 bridgehead atoms. The second-order valence-corrected chi connectivity index (χ2v) is 8.06. The van der Waals surface area contributed by atoms with Crippen LogP contribution in [0.2, 0.25) is 0 Å². The molecule has 3 N–H and O–H groups in total. The highest BCUT2D eigenvalue weighted by atomic mass is 127. The fourth-order valence-electron chi connectivity index (χ4n) is 2.07. The molecule has 0 amide bonds. The van der Waals surface area contributed by atoms with Crippen LogP contribution in [0.4, 0.5) is 0 Å². The van der Waals surface area contributed by atoms with Gasteiger partial charge < -0.3 is 15.7 Å². The summed E-state index contributed by atoms with van der Waals surface area (Å²) in [5, 5.41) is 15.9. The molecule has 0 saturated carbocycles. The Balaban J connectivity index is 0. The van der Waals surface area contributed by atoms with E-state index in [4.69, 9.17) is 0 Å². The second-order valence-electron chi connectivity index (χ2n) is 6.55. The minimum absolute atomic E-state index is 0. The number of guanidine groups is 1. The molecule has 0 aromatic rings. The van der Waals surface area contributed by atoms with Gasteiger partial charge >= 0.3 is 0 Å². The normalized spacial score (nSPS) is 13.7. The third-order valence-corrected chi connectivity index (χ3v) is 4.65. The third kappa shape index (κ3) is 12.8. The molecule has 1 unspecified atom stereocenters. The van der Waals surface area contributed by atoms with Crippen molar-refractivity contribution in [1.82, 2.24) is 10.6 Å². The molecule has 22 heavy (non-hydrogen) atoms. The molecular weight excluding hydrogens is 409 g/mol. The van der Waals surface area contributed by atoms with Crippen LogP contribution < -0.4 is 10.6 Å². The van der Waals surface area contributed by atoms with Crippen LogP contribution in [0.5, 0.6) is 0 Å². The Morgan fingerprint density at radius 1 is 1.27 bits per heavy atom. The number of aliphatic imine (C=N–C) groups is 1. The predicted octanol–water partition coefficient (Wildman–Crippen LogP) is 3.35. The number of nitrogens with one attached hydrogen (secondary N) is 2. The van der Waals surface area contributed by atoms with E-state index in [1.54, 1.807) is 0 Å². The Hall–Kier alpha value is 0.310. The van der Waals surface area contributed by atoms with Gasteiger partial charge in [-0.2, -0.15) is 11.8 Å². The molecule has 4 nitrogen and oxygen atoms in total. The summed E-state index contributed by atoms with van der Waals surface area (Å²) in [5.41, 5.74) is 0. The zero-order valence-corrected chi connectivity index (χ0v) is 18.3. The van der Waals surface area contributed by atoms with E-state index < -0.39 is 0 Å². The van der Waals surface area contributed by atoms with E-state index in [2.05, 4.69) is 56.5 Å². The van der Waals surface area contributed by atoms with Crippen molar-refractivity contribution in [2.45, 2.75) is 52.2 Å². The molecule has 0 aromatic heterocycles.